The molecule has 0 spiro atoms. The van der Waals surface area contributed by atoms with Crippen LogP contribution in [0.5, 0.6) is 0 Å². The topological polar surface area (TPSA) is 76.9 Å². The van der Waals surface area contributed by atoms with Crippen molar-refractivity contribution in [2.75, 3.05) is 5.43 Å². The Kier molecular flexibility index (Phi) is 3.67. The summed E-state index contributed by atoms with van der Waals surface area (Å²) in [6.07, 6.45) is 0. The summed E-state index contributed by atoms with van der Waals surface area (Å²) in [6, 6.07) is 17.2. The number of hydrogen-bond acceptors (Lipinski definition) is 4. The third-order valence-corrected chi connectivity index (χ3v) is 3.33. The zero-order valence-electron chi connectivity index (χ0n) is 10.8. The van der Waals surface area contributed by atoms with E-state index in [1.807, 2.05) is 54.6 Å². The Balaban J connectivity index is 1.91. The quantitative estimate of drug-likeness (QED) is 0.564. The van der Waals surface area contributed by atoms with E-state index in [9.17, 15) is 5.26 Å². The van der Waals surface area contributed by atoms with Gasteiger partial charge in [0.2, 0.25) is 5.71 Å². The number of para-hydroxylation sites is 2. The van der Waals surface area contributed by atoms with Crippen molar-refractivity contribution >= 4 is 38.4 Å². The van der Waals surface area contributed by atoms with Crippen LogP contribution in [0.2, 0.25) is 0 Å². The minimum atomic E-state index is 0.200. The van der Waals surface area contributed by atoms with E-state index < -0.39 is 0 Å². The molecule has 0 amide bonds. The SMILES string of the molecule is N#C/C(=N\Nc1cccc(Br)c1)c1nc2ccccc2[nH]1. The molecule has 21 heavy (non-hydrogen) atoms. The minimum absolute atomic E-state index is 0.200. The third-order valence-electron chi connectivity index (χ3n) is 2.84. The summed E-state index contributed by atoms with van der Waals surface area (Å²) >= 11 is 3.38. The van der Waals surface area contributed by atoms with E-state index >= 15 is 0 Å². The number of benzene rings is 2. The highest BCUT2D eigenvalue weighted by Gasteiger charge is 2.08. The van der Waals surface area contributed by atoms with Crippen LogP contribution in [0.3, 0.4) is 0 Å². The number of hydrazone groups is 1. The molecular formula is C15H10BrN5. The summed E-state index contributed by atoms with van der Waals surface area (Å²) in [5.41, 5.74) is 5.52. The number of rotatable bonds is 3. The molecular weight excluding hydrogens is 330 g/mol. The molecule has 2 aromatic carbocycles. The first-order valence-corrected chi connectivity index (χ1v) is 7.00. The van der Waals surface area contributed by atoms with Crippen LogP contribution >= 0.6 is 15.9 Å². The fourth-order valence-electron chi connectivity index (χ4n) is 1.87. The number of anilines is 1. The Morgan fingerprint density at radius 2 is 2.10 bits per heavy atom. The van der Waals surface area contributed by atoms with E-state index in [-0.39, 0.29) is 5.71 Å². The van der Waals surface area contributed by atoms with E-state index in [0.717, 1.165) is 21.2 Å². The summed E-state index contributed by atoms with van der Waals surface area (Å²) < 4.78 is 0.935. The maximum atomic E-state index is 9.25. The fourth-order valence-corrected chi connectivity index (χ4v) is 2.27. The summed E-state index contributed by atoms with van der Waals surface area (Å²) in [5, 5.41) is 13.4. The molecule has 1 heterocycles. The van der Waals surface area contributed by atoms with Gasteiger partial charge in [0.15, 0.2) is 5.82 Å². The zero-order chi connectivity index (χ0) is 14.7. The van der Waals surface area contributed by atoms with E-state index in [2.05, 4.69) is 36.4 Å². The molecule has 0 radical (unpaired) electrons. The second-order valence-corrected chi connectivity index (χ2v) is 5.21. The highest BCUT2D eigenvalue weighted by molar-refractivity contribution is 9.10. The molecule has 5 nitrogen and oxygen atoms in total. The summed E-state index contributed by atoms with van der Waals surface area (Å²) in [5.74, 6) is 0.446. The van der Waals surface area contributed by atoms with E-state index in [4.69, 9.17) is 0 Å². The second-order valence-electron chi connectivity index (χ2n) is 4.30. The first kappa shape index (κ1) is 13.3. The molecule has 0 aliphatic rings. The number of aromatic amines is 1. The molecule has 6 heteroatoms. The average molecular weight is 340 g/mol. The molecule has 0 saturated carbocycles. The van der Waals surface area contributed by atoms with Crippen LogP contribution in [0.4, 0.5) is 5.69 Å². The van der Waals surface area contributed by atoms with Gasteiger partial charge in [-0.15, -0.1) is 0 Å². The van der Waals surface area contributed by atoms with Crippen molar-refractivity contribution in [2.45, 2.75) is 0 Å². The molecule has 2 N–H and O–H groups in total. The summed E-state index contributed by atoms with van der Waals surface area (Å²) in [6.45, 7) is 0. The third kappa shape index (κ3) is 2.93. The second kappa shape index (κ2) is 5.77. The van der Waals surface area contributed by atoms with Crippen molar-refractivity contribution in [3.05, 3.63) is 58.8 Å². The van der Waals surface area contributed by atoms with Crippen LogP contribution in [0.15, 0.2) is 58.1 Å². The van der Waals surface area contributed by atoms with Crippen molar-refractivity contribution < 1.29 is 0 Å². The van der Waals surface area contributed by atoms with Gasteiger partial charge in [0.05, 0.1) is 16.7 Å². The molecule has 0 fully saturated rings. The van der Waals surface area contributed by atoms with Gasteiger partial charge in [-0.05, 0) is 30.3 Å². The van der Waals surface area contributed by atoms with E-state index in [1.54, 1.807) is 0 Å². The normalized spacial score (nSPS) is 11.3. The van der Waals surface area contributed by atoms with E-state index in [1.165, 1.54) is 0 Å². The number of aromatic nitrogens is 2. The van der Waals surface area contributed by atoms with Crippen molar-refractivity contribution in [3.8, 4) is 6.07 Å². The van der Waals surface area contributed by atoms with Gasteiger partial charge in [0, 0.05) is 4.47 Å². The van der Waals surface area contributed by atoms with Gasteiger partial charge in [0.25, 0.3) is 0 Å². The Hall–Kier alpha value is -2.65. The molecule has 102 valence electrons. The highest BCUT2D eigenvalue weighted by atomic mass is 79.9. The number of H-pyrrole nitrogens is 1. The van der Waals surface area contributed by atoms with Crippen LogP contribution in [-0.4, -0.2) is 15.7 Å². The maximum Gasteiger partial charge on any atom is 0.203 e. The van der Waals surface area contributed by atoms with Gasteiger partial charge >= 0.3 is 0 Å². The number of nitrogens with zero attached hydrogens (tertiary/aromatic N) is 3. The molecule has 0 saturated heterocycles. The number of fused-ring (bicyclic) bond motifs is 1. The summed E-state index contributed by atoms with van der Waals surface area (Å²) in [7, 11) is 0. The van der Waals surface area contributed by atoms with Gasteiger partial charge in [0.1, 0.15) is 6.07 Å². The van der Waals surface area contributed by atoms with Crippen LogP contribution in [0.1, 0.15) is 5.82 Å². The lowest BCUT2D eigenvalue weighted by Crippen LogP contribution is -2.03. The van der Waals surface area contributed by atoms with Crippen molar-refractivity contribution in [2.24, 2.45) is 5.10 Å². The standard InChI is InChI=1S/C15H10BrN5/c16-10-4-3-5-11(8-10)20-21-14(9-17)15-18-12-6-1-2-7-13(12)19-15/h1-8,20H,(H,18,19)/b21-14+. The smallest absolute Gasteiger partial charge is 0.203 e. The van der Waals surface area contributed by atoms with Crippen molar-refractivity contribution in [3.63, 3.8) is 0 Å². The zero-order valence-corrected chi connectivity index (χ0v) is 12.4. The minimum Gasteiger partial charge on any atom is -0.336 e. The maximum absolute atomic E-state index is 9.25. The monoisotopic (exact) mass is 339 g/mol. The molecule has 3 aromatic rings. The number of nitriles is 1. The predicted molar refractivity (Wildman–Crippen MR) is 86.0 cm³/mol. The van der Waals surface area contributed by atoms with Crippen LogP contribution < -0.4 is 5.43 Å². The van der Waals surface area contributed by atoms with Gasteiger partial charge in [-0.1, -0.05) is 34.1 Å². The van der Waals surface area contributed by atoms with Crippen LogP contribution in [0, 0.1) is 11.3 Å². The van der Waals surface area contributed by atoms with Crippen molar-refractivity contribution in [1.29, 1.82) is 5.26 Å². The Morgan fingerprint density at radius 3 is 2.86 bits per heavy atom. The summed E-state index contributed by atoms with van der Waals surface area (Å²) in [4.78, 5) is 7.44. The van der Waals surface area contributed by atoms with Crippen molar-refractivity contribution in [1.82, 2.24) is 9.97 Å². The number of imidazole rings is 1. The number of halogens is 1. The van der Waals surface area contributed by atoms with Gasteiger partial charge in [-0.3, -0.25) is 5.43 Å². The molecule has 0 unspecified atom stereocenters. The molecule has 0 bridgehead atoms. The van der Waals surface area contributed by atoms with Gasteiger partial charge in [-0.25, -0.2) is 4.98 Å². The predicted octanol–water partition coefficient (Wildman–Crippen LogP) is 3.67. The van der Waals surface area contributed by atoms with Crippen LogP contribution in [0.25, 0.3) is 11.0 Å². The Morgan fingerprint density at radius 1 is 1.24 bits per heavy atom. The lowest BCUT2D eigenvalue weighted by Gasteiger charge is -2.00. The fraction of sp³-hybridized carbons (Fsp3) is 0. The van der Waals surface area contributed by atoms with Gasteiger partial charge < -0.3 is 4.98 Å². The lowest BCUT2D eigenvalue weighted by atomic mass is 10.3. The van der Waals surface area contributed by atoms with E-state index in [0.29, 0.717) is 5.82 Å². The molecule has 0 aliphatic carbocycles. The molecule has 1 aromatic heterocycles. The molecule has 0 atom stereocenters. The highest BCUT2D eigenvalue weighted by Crippen LogP contribution is 2.16. The Labute approximate surface area is 129 Å². The number of hydrogen-bond donors (Lipinski definition) is 2. The lowest BCUT2D eigenvalue weighted by molar-refractivity contribution is 1.25. The average Bonchev–Trinajstić information content (AvgIpc) is 2.91. The first-order chi connectivity index (χ1) is 10.3. The molecule has 0 aliphatic heterocycles. The first-order valence-electron chi connectivity index (χ1n) is 6.21. The van der Waals surface area contributed by atoms with Crippen LogP contribution in [-0.2, 0) is 0 Å². The molecule has 3 rings (SSSR count). The van der Waals surface area contributed by atoms with Gasteiger partial charge in [-0.2, -0.15) is 10.4 Å². The largest absolute Gasteiger partial charge is 0.336 e. The Bertz CT molecular complexity index is 827. The number of nitrogens with one attached hydrogen (secondary N) is 2.